The Balaban J connectivity index is 2.44. The van der Waals surface area contributed by atoms with E-state index in [1.165, 1.54) is 6.26 Å². The third-order valence-electron chi connectivity index (χ3n) is 5.11. The average molecular weight is 285 g/mol. The van der Waals surface area contributed by atoms with Crippen LogP contribution in [0.1, 0.15) is 51.9 Å². The molecule has 5 heteroatoms. The molecular formula is C14H23NO3S. The van der Waals surface area contributed by atoms with E-state index < -0.39 is 26.1 Å². The molecule has 0 radical (unpaired) electrons. The van der Waals surface area contributed by atoms with Crippen LogP contribution in [0.15, 0.2) is 0 Å². The van der Waals surface area contributed by atoms with Crippen molar-refractivity contribution in [1.82, 2.24) is 0 Å². The van der Waals surface area contributed by atoms with Gasteiger partial charge in [0.05, 0.1) is 22.3 Å². The van der Waals surface area contributed by atoms with E-state index in [1.807, 2.05) is 0 Å². The summed E-state index contributed by atoms with van der Waals surface area (Å²) in [6, 6.07) is 2.32. The molecule has 108 valence electrons. The molecule has 19 heavy (non-hydrogen) atoms. The molecule has 0 aliphatic heterocycles. The average Bonchev–Trinajstić information content (AvgIpc) is 2.72. The van der Waals surface area contributed by atoms with Crippen molar-refractivity contribution in [3.63, 3.8) is 0 Å². The molecule has 0 aromatic carbocycles. The molecule has 0 spiro atoms. The largest absolute Gasteiger partial charge is 0.387 e. The van der Waals surface area contributed by atoms with Crippen molar-refractivity contribution in [1.29, 1.82) is 5.26 Å². The monoisotopic (exact) mass is 285 g/mol. The van der Waals surface area contributed by atoms with Crippen LogP contribution in [0, 0.1) is 22.7 Å². The van der Waals surface area contributed by atoms with Gasteiger partial charge in [-0.25, -0.2) is 8.42 Å². The number of rotatable bonds is 2. The molecule has 2 aliphatic carbocycles. The third-order valence-corrected chi connectivity index (χ3v) is 6.77. The second-order valence-electron chi connectivity index (χ2n) is 6.53. The summed E-state index contributed by atoms with van der Waals surface area (Å²) in [5, 5.41) is 20.0. The first-order chi connectivity index (χ1) is 8.75. The fraction of sp³-hybridized carbons (Fsp3) is 0.929. The summed E-state index contributed by atoms with van der Waals surface area (Å²) in [7, 11) is -3.33. The van der Waals surface area contributed by atoms with Gasteiger partial charge in [0.2, 0.25) is 0 Å². The number of hydrogen-bond acceptors (Lipinski definition) is 4. The highest BCUT2D eigenvalue weighted by Gasteiger charge is 2.60. The smallest absolute Gasteiger partial charge is 0.153 e. The molecule has 0 bridgehead atoms. The standard InChI is InChI=1S/C14H23NO3S/c1-11-5-3-7-13(9-11,10-15)14(16)8-4-6-12(14)19(2,17)18/h11-12,16H,3-9H2,1-2H3. The summed E-state index contributed by atoms with van der Waals surface area (Å²) in [6.07, 6.45) is 5.98. The molecule has 2 fully saturated rings. The van der Waals surface area contributed by atoms with Crippen molar-refractivity contribution in [2.24, 2.45) is 11.3 Å². The molecular weight excluding hydrogens is 262 g/mol. The van der Waals surface area contributed by atoms with Gasteiger partial charge in [0.1, 0.15) is 0 Å². The van der Waals surface area contributed by atoms with Gasteiger partial charge in [0, 0.05) is 6.26 Å². The number of nitrogens with zero attached hydrogens (tertiary/aromatic N) is 1. The summed E-state index contributed by atoms with van der Waals surface area (Å²) < 4.78 is 23.9. The maximum absolute atomic E-state index is 12.0. The predicted molar refractivity (Wildman–Crippen MR) is 73.1 cm³/mol. The lowest BCUT2D eigenvalue weighted by molar-refractivity contribution is -0.0721. The van der Waals surface area contributed by atoms with Gasteiger partial charge in [0.25, 0.3) is 0 Å². The molecule has 2 saturated carbocycles. The van der Waals surface area contributed by atoms with Crippen molar-refractivity contribution >= 4 is 9.84 Å². The van der Waals surface area contributed by atoms with Crippen LogP contribution in [-0.4, -0.2) is 30.6 Å². The third kappa shape index (κ3) is 2.30. The van der Waals surface area contributed by atoms with Crippen LogP contribution >= 0.6 is 0 Å². The van der Waals surface area contributed by atoms with E-state index in [-0.39, 0.29) is 0 Å². The van der Waals surface area contributed by atoms with E-state index in [2.05, 4.69) is 13.0 Å². The summed E-state index contributed by atoms with van der Waals surface area (Å²) >= 11 is 0. The molecule has 0 aromatic rings. The first-order valence-corrected chi connectivity index (χ1v) is 9.03. The molecule has 4 unspecified atom stereocenters. The van der Waals surface area contributed by atoms with Crippen molar-refractivity contribution in [2.45, 2.75) is 62.7 Å². The Morgan fingerprint density at radius 3 is 2.42 bits per heavy atom. The Morgan fingerprint density at radius 1 is 1.26 bits per heavy atom. The molecule has 1 N–H and O–H groups in total. The number of aliphatic hydroxyl groups is 1. The number of hydrogen-bond donors (Lipinski definition) is 1. The van der Waals surface area contributed by atoms with Gasteiger partial charge in [-0.05, 0) is 38.0 Å². The second-order valence-corrected chi connectivity index (χ2v) is 8.76. The summed E-state index contributed by atoms with van der Waals surface area (Å²) in [6.45, 7) is 2.08. The van der Waals surface area contributed by atoms with Crippen molar-refractivity contribution in [2.75, 3.05) is 6.26 Å². The van der Waals surface area contributed by atoms with Gasteiger partial charge in [-0.1, -0.05) is 19.8 Å². The molecule has 2 aliphatic rings. The first-order valence-electron chi connectivity index (χ1n) is 7.08. The minimum atomic E-state index is -3.33. The fourth-order valence-corrected chi connectivity index (χ4v) is 5.86. The lowest BCUT2D eigenvalue weighted by Crippen LogP contribution is -2.56. The SMILES string of the molecule is CC1CCCC(C#N)(C2(O)CCCC2S(C)(=O)=O)C1. The zero-order valence-corrected chi connectivity index (χ0v) is 12.5. The van der Waals surface area contributed by atoms with Gasteiger partial charge < -0.3 is 5.11 Å². The summed E-state index contributed by atoms with van der Waals surface area (Å²) in [5.41, 5.74) is -2.24. The van der Waals surface area contributed by atoms with Gasteiger partial charge in [-0.15, -0.1) is 0 Å². The maximum atomic E-state index is 12.0. The van der Waals surface area contributed by atoms with Gasteiger partial charge in [0.15, 0.2) is 9.84 Å². The Bertz CT molecular complexity index is 495. The van der Waals surface area contributed by atoms with E-state index >= 15 is 0 Å². The van der Waals surface area contributed by atoms with Crippen molar-refractivity contribution in [3.05, 3.63) is 0 Å². The fourth-order valence-electron chi connectivity index (χ4n) is 4.22. The Labute approximate surface area is 115 Å². The highest BCUT2D eigenvalue weighted by atomic mass is 32.2. The van der Waals surface area contributed by atoms with Crippen molar-refractivity contribution < 1.29 is 13.5 Å². The normalized spacial score (nSPS) is 43.9. The molecule has 2 rings (SSSR count). The van der Waals surface area contributed by atoms with Crippen LogP contribution in [0.5, 0.6) is 0 Å². The summed E-state index contributed by atoms with van der Waals surface area (Å²) in [4.78, 5) is 0. The van der Waals surface area contributed by atoms with Crippen molar-refractivity contribution in [3.8, 4) is 6.07 Å². The molecule has 0 amide bonds. The summed E-state index contributed by atoms with van der Waals surface area (Å²) in [5.74, 6) is 0.373. The molecule has 0 heterocycles. The molecule has 4 nitrogen and oxygen atoms in total. The predicted octanol–water partition coefficient (Wildman–Crippen LogP) is 2.03. The van der Waals surface area contributed by atoms with Gasteiger partial charge in [-0.2, -0.15) is 5.26 Å². The molecule has 0 saturated heterocycles. The second kappa shape index (κ2) is 4.75. The van der Waals surface area contributed by atoms with E-state index in [9.17, 15) is 18.8 Å². The van der Waals surface area contributed by atoms with Gasteiger partial charge in [-0.3, -0.25) is 0 Å². The lowest BCUT2D eigenvalue weighted by atomic mass is 9.61. The van der Waals surface area contributed by atoms with Gasteiger partial charge >= 0.3 is 0 Å². The van der Waals surface area contributed by atoms with Crippen LogP contribution in [0.2, 0.25) is 0 Å². The Kier molecular flexibility index (Phi) is 3.70. The zero-order valence-electron chi connectivity index (χ0n) is 11.7. The van der Waals surface area contributed by atoms with E-state index in [0.29, 0.717) is 38.0 Å². The highest BCUT2D eigenvalue weighted by Crippen LogP contribution is 2.54. The molecule has 0 aromatic heterocycles. The van der Waals surface area contributed by atoms with Crippen LogP contribution in [0.3, 0.4) is 0 Å². The van der Waals surface area contributed by atoms with Crippen LogP contribution in [0.25, 0.3) is 0 Å². The van der Waals surface area contributed by atoms with Crippen LogP contribution < -0.4 is 0 Å². The van der Waals surface area contributed by atoms with E-state index in [1.54, 1.807) is 0 Å². The zero-order chi connectivity index (χ0) is 14.3. The highest BCUT2D eigenvalue weighted by molar-refractivity contribution is 7.91. The van der Waals surface area contributed by atoms with E-state index in [4.69, 9.17) is 0 Å². The topological polar surface area (TPSA) is 78.2 Å². The maximum Gasteiger partial charge on any atom is 0.153 e. The Morgan fingerprint density at radius 2 is 1.89 bits per heavy atom. The quantitative estimate of drug-likeness (QED) is 0.842. The van der Waals surface area contributed by atoms with E-state index in [0.717, 1.165) is 12.8 Å². The lowest BCUT2D eigenvalue weighted by Gasteiger charge is -2.47. The number of nitriles is 1. The molecule has 4 atom stereocenters. The Hall–Kier alpha value is -0.600. The first kappa shape index (κ1) is 14.8. The van der Waals surface area contributed by atoms with Crippen LogP contribution in [0.4, 0.5) is 0 Å². The van der Waals surface area contributed by atoms with Crippen LogP contribution in [-0.2, 0) is 9.84 Å². The minimum Gasteiger partial charge on any atom is -0.387 e. The number of sulfone groups is 1. The minimum absolute atomic E-state index is 0.373.